The average molecular weight is 279 g/mol. The molecule has 0 aliphatic heterocycles. The molecular weight excluding hydrogens is 258 g/mol. The number of rotatable bonds is 9. The molecular formula is C11H21NO7. The van der Waals surface area contributed by atoms with Gasteiger partial charge in [0.2, 0.25) is 5.91 Å². The Hall–Kier alpha value is -0.770. The number of carbonyl (C=O) groups excluding carboxylic acids is 1. The molecule has 3 unspecified atom stereocenters. The molecule has 8 nitrogen and oxygen atoms in total. The fourth-order valence-corrected chi connectivity index (χ4v) is 1.74. The summed E-state index contributed by atoms with van der Waals surface area (Å²) in [5, 5.41) is 40.0. The van der Waals surface area contributed by atoms with Crippen LogP contribution < -0.4 is 5.32 Å². The fraction of sp³-hybridized carbons (Fsp3) is 0.909. The highest BCUT2D eigenvalue weighted by atomic mass is 17.1. The molecule has 0 aromatic heterocycles. The van der Waals surface area contributed by atoms with Crippen LogP contribution in [0.5, 0.6) is 0 Å². The van der Waals surface area contributed by atoms with Crippen LogP contribution in [0.4, 0.5) is 0 Å². The largest absolute Gasteiger partial charge is 0.390 e. The quantitative estimate of drug-likeness (QED) is 0.246. The van der Waals surface area contributed by atoms with Crippen LogP contribution in [-0.4, -0.2) is 71.2 Å². The van der Waals surface area contributed by atoms with Crippen molar-refractivity contribution in [2.75, 3.05) is 20.3 Å². The van der Waals surface area contributed by atoms with Crippen LogP contribution in [0.2, 0.25) is 0 Å². The number of amides is 1. The van der Waals surface area contributed by atoms with E-state index in [0.29, 0.717) is 0 Å². The maximum Gasteiger partial charge on any atom is 0.245 e. The molecule has 1 aliphatic carbocycles. The Bertz CT molecular complexity index is 284. The van der Waals surface area contributed by atoms with Gasteiger partial charge in [0.05, 0.1) is 6.10 Å². The molecule has 5 N–H and O–H groups in total. The number of carbonyl (C=O) groups is 1. The second kappa shape index (κ2) is 7.73. The number of aliphatic hydroxyl groups is 3. The number of nitrogens with one attached hydrogen (secondary N) is 1. The number of hydrogen-bond acceptors (Lipinski definition) is 7. The number of ether oxygens (including phenoxy) is 1. The van der Waals surface area contributed by atoms with Gasteiger partial charge in [0.15, 0.2) is 0 Å². The van der Waals surface area contributed by atoms with E-state index in [0.717, 1.165) is 12.8 Å². The first-order valence-corrected chi connectivity index (χ1v) is 6.14. The molecule has 1 aliphatic rings. The molecule has 19 heavy (non-hydrogen) atoms. The summed E-state index contributed by atoms with van der Waals surface area (Å²) in [7, 11) is 1.43. The zero-order chi connectivity index (χ0) is 14.4. The molecule has 0 saturated heterocycles. The van der Waals surface area contributed by atoms with Gasteiger partial charge in [-0.2, -0.15) is 0 Å². The second-order valence-corrected chi connectivity index (χ2v) is 4.63. The predicted octanol–water partition coefficient (Wildman–Crippen LogP) is -1.90. The third-order valence-electron chi connectivity index (χ3n) is 3.10. The van der Waals surface area contributed by atoms with Crippen molar-refractivity contribution in [3.8, 4) is 0 Å². The second-order valence-electron chi connectivity index (χ2n) is 4.63. The van der Waals surface area contributed by atoms with E-state index in [9.17, 15) is 20.1 Å². The van der Waals surface area contributed by atoms with Crippen molar-refractivity contribution in [3.05, 3.63) is 0 Å². The average Bonchev–Trinajstić information content (AvgIpc) is 3.22. The van der Waals surface area contributed by atoms with Crippen molar-refractivity contribution in [1.29, 1.82) is 0 Å². The third kappa shape index (κ3) is 5.01. The Morgan fingerprint density at radius 2 is 2.00 bits per heavy atom. The first kappa shape index (κ1) is 16.3. The normalized spacial score (nSPS) is 21.5. The van der Waals surface area contributed by atoms with Crippen molar-refractivity contribution < 1.29 is 35.0 Å². The van der Waals surface area contributed by atoms with E-state index in [1.54, 1.807) is 0 Å². The van der Waals surface area contributed by atoms with Gasteiger partial charge in [0.25, 0.3) is 0 Å². The maximum atomic E-state index is 11.1. The van der Waals surface area contributed by atoms with Crippen molar-refractivity contribution in [1.82, 2.24) is 5.32 Å². The van der Waals surface area contributed by atoms with E-state index in [1.807, 2.05) is 0 Å². The topological polar surface area (TPSA) is 128 Å². The van der Waals surface area contributed by atoms with E-state index in [4.69, 9.17) is 9.99 Å². The minimum atomic E-state index is -1.47. The minimum absolute atomic E-state index is 0.00779. The van der Waals surface area contributed by atoms with Gasteiger partial charge in [-0.05, 0) is 18.8 Å². The molecule has 0 aromatic carbocycles. The monoisotopic (exact) mass is 279 g/mol. The van der Waals surface area contributed by atoms with Gasteiger partial charge in [0, 0.05) is 7.05 Å². The van der Waals surface area contributed by atoms with Gasteiger partial charge < -0.3 is 25.4 Å². The molecule has 0 bridgehead atoms. The Morgan fingerprint density at radius 3 is 2.47 bits per heavy atom. The Balaban J connectivity index is 2.59. The van der Waals surface area contributed by atoms with Crippen LogP contribution in [0.1, 0.15) is 12.8 Å². The molecule has 1 rings (SSSR count). The van der Waals surface area contributed by atoms with Crippen LogP contribution in [0.25, 0.3) is 0 Å². The lowest BCUT2D eigenvalue weighted by Gasteiger charge is -2.30. The summed E-state index contributed by atoms with van der Waals surface area (Å²) in [6, 6.07) is 0. The van der Waals surface area contributed by atoms with E-state index >= 15 is 0 Å². The van der Waals surface area contributed by atoms with Gasteiger partial charge in [-0.1, -0.05) is 0 Å². The summed E-state index contributed by atoms with van der Waals surface area (Å²) >= 11 is 0. The summed E-state index contributed by atoms with van der Waals surface area (Å²) in [6.07, 6.45) is -3.37. The number of aliphatic hydroxyl groups excluding tert-OH is 3. The van der Waals surface area contributed by atoms with Gasteiger partial charge in [-0.15, -0.1) is 0 Å². The molecule has 1 amide bonds. The van der Waals surface area contributed by atoms with Crippen LogP contribution in [-0.2, 0) is 14.4 Å². The van der Waals surface area contributed by atoms with Gasteiger partial charge in [-0.3, -0.25) is 10.1 Å². The minimum Gasteiger partial charge on any atom is -0.390 e. The molecule has 1 fully saturated rings. The molecule has 0 aromatic rings. The van der Waals surface area contributed by atoms with Crippen molar-refractivity contribution in [2.45, 2.75) is 37.3 Å². The predicted molar refractivity (Wildman–Crippen MR) is 63.1 cm³/mol. The maximum absolute atomic E-state index is 11.1. The van der Waals surface area contributed by atoms with Gasteiger partial charge in [-0.25, -0.2) is 4.89 Å². The molecule has 1 saturated carbocycles. The SMILES string of the molecule is CNC(=O)COC(C(O)C1CC1)[C@H](O)C(O)COO. The van der Waals surface area contributed by atoms with Crippen molar-refractivity contribution >= 4 is 5.91 Å². The highest BCUT2D eigenvalue weighted by Crippen LogP contribution is 2.35. The zero-order valence-electron chi connectivity index (χ0n) is 10.7. The lowest BCUT2D eigenvalue weighted by atomic mass is 10.00. The Morgan fingerprint density at radius 1 is 1.37 bits per heavy atom. The number of likely N-dealkylation sites (N-methyl/N-ethyl adjacent to an activating group) is 1. The van der Waals surface area contributed by atoms with Crippen LogP contribution in [0.15, 0.2) is 0 Å². The summed E-state index contributed by atoms with van der Waals surface area (Å²) in [4.78, 5) is 14.9. The smallest absolute Gasteiger partial charge is 0.245 e. The first-order valence-electron chi connectivity index (χ1n) is 6.14. The van der Waals surface area contributed by atoms with E-state index in [2.05, 4.69) is 10.2 Å². The van der Waals surface area contributed by atoms with E-state index in [1.165, 1.54) is 7.05 Å². The lowest BCUT2D eigenvalue weighted by molar-refractivity contribution is -0.268. The highest BCUT2D eigenvalue weighted by Gasteiger charge is 2.41. The van der Waals surface area contributed by atoms with Gasteiger partial charge >= 0.3 is 0 Å². The summed E-state index contributed by atoms with van der Waals surface area (Å²) in [5.74, 6) is -0.417. The lowest BCUT2D eigenvalue weighted by Crippen LogP contribution is -2.49. The van der Waals surface area contributed by atoms with Crippen LogP contribution in [0, 0.1) is 5.92 Å². The van der Waals surface area contributed by atoms with Crippen molar-refractivity contribution in [2.24, 2.45) is 5.92 Å². The number of hydrogen-bond donors (Lipinski definition) is 5. The molecule has 112 valence electrons. The van der Waals surface area contributed by atoms with Crippen molar-refractivity contribution in [3.63, 3.8) is 0 Å². The fourth-order valence-electron chi connectivity index (χ4n) is 1.74. The first-order chi connectivity index (χ1) is 9.01. The van der Waals surface area contributed by atoms with Crippen LogP contribution in [0.3, 0.4) is 0 Å². The molecule has 0 spiro atoms. The summed E-state index contributed by atoms with van der Waals surface area (Å²) < 4.78 is 5.18. The van der Waals surface area contributed by atoms with E-state index in [-0.39, 0.29) is 12.5 Å². The molecule has 4 atom stereocenters. The molecule has 8 heteroatoms. The third-order valence-corrected chi connectivity index (χ3v) is 3.10. The zero-order valence-corrected chi connectivity index (χ0v) is 10.7. The molecule has 0 radical (unpaired) electrons. The molecule has 0 heterocycles. The standard InChI is InChI=1S/C11H21NO7/c1-12-8(14)5-18-11(9(15)6-2-3-6)10(16)7(13)4-19-17/h6-7,9-11,13,15-17H,2-5H2,1H3,(H,12,14)/t7?,9?,10-,11?/m1/s1. The summed E-state index contributed by atoms with van der Waals surface area (Å²) in [6.45, 7) is -0.854. The van der Waals surface area contributed by atoms with E-state index < -0.39 is 36.9 Å². The highest BCUT2D eigenvalue weighted by molar-refractivity contribution is 5.76. The Kier molecular flexibility index (Phi) is 6.63. The van der Waals surface area contributed by atoms with Gasteiger partial charge in [0.1, 0.15) is 31.5 Å². The van der Waals surface area contributed by atoms with Crippen LogP contribution >= 0.6 is 0 Å². The Labute approximate surface area is 110 Å². The summed E-state index contributed by atoms with van der Waals surface area (Å²) in [5.41, 5.74) is 0.